The monoisotopic (exact) mass is 288 g/mol. The van der Waals surface area contributed by atoms with Gasteiger partial charge in [-0.3, -0.25) is 0 Å². The molecule has 2 saturated heterocycles. The van der Waals surface area contributed by atoms with Crippen LogP contribution in [0.1, 0.15) is 38.2 Å². The molecule has 1 aromatic rings. The topological polar surface area (TPSA) is 24.5 Å². The van der Waals surface area contributed by atoms with Gasteiger partial charge >= 0.3 is 0 Å². The van der Waals surface area contributed by atoms with Crippen LogP contribution < -0.4 is 10.1 Å². The molecule has 2 aliphatic rings. The van der Waals surface area contributed by atoms with Crippen LogP contribution in [-0.4, -0.2) is 42.7 Å². The lowest BCUT2D eigenvalue weighted by Crippen LogP contribution is -2.49. The molecular weight excluding hydrogens is 260 g/mol. The highest BCUT2D eigenvalue weighted by atomic mass is 16.5. The van der Waals surface area contributed by atoms with Crippen LogP contribution in [0.25, 0.3) is 0 Å². The van der Waals surface area contributed by atoms with E-state index in [1.54, 1.807) is 0 Å². The average Bonchev–Trinajstić information content (AvgIpc) is 2.94. The maximum absolute atomic E-state index is 5.95. The van der Waals surface area contributed by atoms with Gasteiger partial charge in [0.25, 0.3) is 0 Å². The Morgan fingerprint density at radius 2 is 2.14 bits per heavy atom. The minimum Gasteiger partial charge on any atom is -0.492 e. The third-order valence-corrected chi connectivity index (χ3v) is 4.92. The fourth-order valence-electron chi connectivity index (χ4n) is 3.76. The van der Waals surface area contributed by atoms with Crippen molar-refractivity contribution < 1.29 is 4.74 Å². The number of hydrogen-bond acceptors (Lipinski definition) is 3. The van der Waals surface area contributed by atoms with E-state index in [2.05, 4.69) is 42.3 Å². The Bertz CT molecular complexity index is 462. The van der Waals surface area contributed by atoms with Crippen molar-refractivity contribution in [2.45, 2.75) is 57.7 Å². The summed E-state index contributed by atoms with van der Waals surface area (Å²) in [6.07, 6.45) is 5.38. The van der Waals surface area contributed by atoms with Crippen molar-refractivity contribution in [2.75, 3.05) is 19.7 Å². The van der Waals surface area contributed by atoms with E-state index in [9.17, 15) is 0 Å². The summed E-state index contributed by atoms with van der Waals surface area (Å²) in [4.78, 5) is 2.67. The summed E-state index contributed by atoms with van der Waals surface area (Å²) >= 11 is 0. The Balaban J connectivity index is 1.44. The molecule has 2 heterocycles. The predicted octanol–water partition coefficient (Wildman–Crippen LogP) is 2.98. The number of nitrogens with zero attached hydrogens (tertiary/aromatic N) is 1. The molecule has 1 N–H and O–H groups in total. The normalized spacial score (nSPS) is 27.3. The minimum atomic E-state index is 0.405. The third kappa shape index (κ3) is 3.78. The highest BCUT2D eigenvalue weighted by molar-refractivity contribution is 5.31. The molecule has 0 radical (unpaired) electrons. The number of fused-ring (bicyclic) bond motifs is 1. The van der Waals surface area contributed by atoms with Crippen molar-refractivity contribution >= 4 is 0 Å². The Hall–Kier alpha value is -1.06. The maximum atomic E-state index is 5.95. The van der Waals surface area contributed by atoms with Crippen LogP contribution in [0.5, 0.6) is 5.75 Å². The molecule has 3 heteroatoms. The lowest BCUT2D eigenvalue weighted by molar-refractivity contribution is 0.153. The van der Waals surface area contributed by atoms with Gasteiger partial charge in [0, 0.05) is 18.1 Å². The summed E-state index contributed by atoms with van der Waals surface area (Å²) in [7, 11) is 0. The number of para-hydroxylation sites is 1. The molecule has 3 atom stereocenters. The van der Waals surface area contributed by atoms with Gasteiger partial charge in [-0.15, -0.1) is 0 Å². The molecule has 0 aliphatic carbocycles. The summed E-state index contributed by atoms with van der Waals surface area (Å²) in [6.45, 7) is 7.68. The standard InChI is InChI=1S/C18H28N2O/c1-14-6-3-4-8-18(14)21-13-15(2)19-16-9-11-20-10-5-7-17(20)12-16/h3-4,6,8,15-17,19H,5,7,9-13H2,1-2H3/t15-,16-,17-/m1/s1. The van der Waals surface area contributed by atoms with Crippen LogP contribution >= 0.6 is 0 Å². The van der Waals surface area contributed by atoms with E-state index in [4.69, 9.17) is 4.74 Å². The fourth-order valence-corrected chi connectivity index (χ4v) is 3.76. The predicted molar refractivity (Wildman–Crippen MR) is 86.9 cm³/mol. The molecule has 0 spiro atoms. The molecule has 2 fully saturated rings. The first kappa shape index (κ1) is 14.9. The number of piperidine rings is 1. The van der Waals surface area contributed by atoms with E-state index in [1.165, 1.54) is 44.3 Å². The van der Waals surface area contributed by atoms with Crippen molar-refractivity contribution in [3.05, 3.63) is 29.8 Å². The van der Waals surface area contributed by atoms with Crippen molar-refractivity contribution in [3.63, 3.8) is 0 Å². The van der Waals surface area contributed by atoms with Crippen molar-refractivity contribution in [1.82, 2.24) is 10.2 Å². The van der Waals surface area contributed by atoms with Crippen LogP contribution in [0, 0.1) is 6.92 Å². The number of benzene rings is 1. The lowest BCUT2D eigenvalue weighted by atomic mass is 9.97. The van der Waals surface area contributed by atoms with Crippen LogP contribution in [-0.2, 0) is 0 Å². The second kappa shape index (κ2) is 6.80. The molecule has 0 saturated carbocycles. The summed E-state index contributed by atoms with van der Waals surface area (Å²) in [5.74, 6) is 1.01. The zero-order valence-electron chi connectivity index (χ0n) is 13.3. The Labute approximate surface area is 128 Å². The van der Waals surface area contributed by atoms with E-state index < -0.39 is 0 Å². The summed E-state index contributed by atoms with van der Waals surface area (Å²) in [5, 5.41) is 3.77. The summed E-state index contributed by atoms with van der Waals surface area (Å²) in [5.41, 5.74) is 1.21. The number of hydrogen-bond donors (Lipinski definition) is 1. The van der Waals surface area contributed by atoms with Crippen molar-refractivity contribution in [1.29, 1.82) is 0 Å². The van der Waals surface area contributed by atoms with Gasteiger partial charge in [0.15, 0.2) is 0 Å². The average molecular weight is 288 g/mol. The smallest absolute Gasteiger partial charge is 0.122 e. The van der Waals surface area contributed by atoms with Gasteiger partial charge in [0.1, 0.15) is 12.4 Å². The zero-order chi connectivity index (χ0) is 14.7. The third-order valence-electron chi connectivity index (χ3n) is 4.92. The second-order valence-corrected chi connectivity index (χ2v) is 6.70. The molecule has 1 aromatic carbocycles. The maximum Gasteiger partial charge on any atom is 0.122 e. The molecule has 116 valence electrons. The van der Waals surface area contributed by atoms with E-state index in [0.717, 1.165) is 18.4 Å². The first-order chi connectivity index (χ1) is 10.2. The zero-order valence-corrected chi connectivity index (χ0v) is 13.3. The SMILES string of the molecule is Cc1ccccc1OC[C@@H](C)N[C@@H]1CCN2CCC[C@@H]2C1. The van der Waals surface area contributed by atoms with Crippen LogP contribution in [0.3, 0.4) is 0 Å². The van der Waals surface area contributed by atoms with Gasteiger partial charge in [0.05, 0.1) is 0 Å². The van der Waals surface area contributed by atoms with Crippen LogP contribution in [0.4, 0.5) is 0 Å². The minimum absolute atomic E-state index is 0.405. The molecule has 0 unspecified atom stereocenters. The Morgan fingerprint density at radius 3 is 3.00 bits per heavy atom. The van der Waals surface area contributed by atoms with E-state index in [0.29, 0.717) is 12.1 Å². The molecule has 0 bridgehead atoms. The van der Waals surface area contributed by atoms with E-state index in [-0.39, 0.29) is 0 Å². The number of nitrogens with one attached hydrogen (secondary N) is 1. The highest BCUT2D eigenvalue weighted by Gasteiger charge is 2.31. The first-order valence-electron chi connectivity index (χ1n) is 8.41. The van der Waals surface area contributed by atoms with Gasteiger partial charge < -0.3 is 15.0 Å². The first-order valence-corrected chi connectivity index (χ1v) is 8.41. The van der Waals surface area contributed by atoms with Crippen LogP contribution in [0.15, 0.2) is 24.3 Å². The fraction of sp³-hybridized carbons (Fsp3) is 0.667. The lowest BCUT2D eigenvalue weighted by Gasteiger charge is -2.36. The molecule has 2 aliphatic heterocycles. The number of ether oxygens (including phenoxy) is 1. The largest absolute Gasteiger partial charge is 0.492 e. The van der Waals surface area contributed by atoms with Gasteiger partial charge in [0.2, 0.25) is 0 Å². The Kier molecular flexibility index (Phi) is 4.81. The summed E-state index contributed by atoms with van der Waals surface area (Å²) < 4.78 is 5.95. The van der Waals surface area contributed by atoms with Gasteiger partial charge in [-0.05, 0) is 64.3 Å². The molecule has 0 amide bonds. The van der Waals surface area contributed by atoms with Crippen molar-refractivity contribution in [3.8, 4) is 5.75 Å². The van der Waals surface area contributed by atoms with Crippen molar-refractivity contribution in [2.24, 2.45) is 0 Å². The molecule has 0 aromatic heterocycles. The van der Waals surface area contributed by atoms with E-state index in [1.807, 2.05) is 6.07 Å². The van der Waals surface area contributed by atoms with Gasteiger partial charge in [-0.25, -0.2) is 0 Å². The second-order valence-electron chi connectivity index (χ2n) is 6.70. The Morgan fingerprint density at radius 1 is 1.29 bits per heavy atom. The molecular formula is C18H28N2O. The van der Waals surface area contributed by atoms with Crippen LogP contribution in [0.2, 0.25) is 0 Å². The molecule has 21 heavy (non-hydrogen) atoms. The van der Waals surface area contributed by atoms with E-state index >= 15 is 0 Å². The van der Waals surface area contributed by atoms with Gasteiger partial charge in [-0.2, -0.15) is 0 Å². The highest BCUT2D eigenvalue weighted by Crippen LogP contribution is 2.27. The number of rotatable bonds is 5. The summed E-state index contributed by atoms with van der Waals surface area (Å²) in [6, 6.07) is 10.2. The quantitative estimate of drug-likeness (QED) is 0.901. The number of aryl methyl sites for hydroxylation is 1. The van der Waals surface area contributed by atoms with Gasteiger partial charge in [-0.1, -0.05) is 18.2 Å². The molecule has 3 nitrogen and oxygen atoms in total. The molecule has 3 rings (SSSR count).